The van der Waals surface area contributed by atoms with E-state index in [9.17, 15) is 0 Å². The molecule has 0 radical (unpaired) electrons. The van der Waals surface area contributed by atoms with Crippen molar-refractivity contribution in [2.45, 2.75) is 79.1 Å². The number of allylic oxidation sites excluding steroid dienone is 4. The molecule has 0 nitrogen and oxygen atoms in total. The zero-order valence-corrected chi connectivity index (χ0v) is 14.4. The summed E-state index contributed by atoms with van der Waals surface area (Å²) in [7, 11) is 0. The van der Waals surface area contributed by atoms with E-state index >= 15 is 0 Å². The van der Waals surface area contributed by atoms with E-state index in [-0.39, 0.29) is 0 Å². The average Bonchev–Trinajstić information content (AvgIpc) is 2.38. The summed E-state index contributed by atoms with van der Waals surface area (Å²) < 4.78 is 0. The third-order valence-corrected chi connectivity index (χ3v) is 3.99. The van der Waals surface area contributed by atoms with Crippen LogP contribution in [-0.2, 0) is 0 Å². The zero-order valence-electron chi connectivity index (χ0n) is 14.4. The van der Waals surface area contributed by atoms with Crippen molar-refractivity contribution >= 4 is 0 Å². The quantitative estimate of drug-likeness (QED) is 0.264. The Balaban J connectivity index is 3.63. The minimum Gasteiger partial charge on any atom is -0.0988 e. The Bertz CT molecular complexity index is 293. The molecule has 0 aliphatic heterocycles. The lowest BCUT2D eigenvalue weighted by atomic mass is 9.94. The second-order valence-corrected chi connectivity index (χ2v) is 6.77. The molecule has 0 heteroatoms. The third kappa shape index (κ3) is 12.3. The lowest BCUT2D eigenvalue weighted by Gasteiger charge is -2.12. The fourth-order valence-corrected chi connectivity index (χ4v) is 2.46. The Morgan fingerprint density at radius 2 is 1.65 bits per heavy atom. The number of hydrogen-bond donors (Lipinski definition) is 0. The van der Waals surface area contributed by atoms with Gasteiger partial charge >= 0.3 is 0 Å². The first-order valence-corrected chi connectivity index (χ1v) is 8.41. The maximum Gasteiger partial charge on any atom is -0.0250 e. The Morgan fingerprint density at radius 1 is 1.00 bits per heavy atom. The van der Waals surface area contributed by atoms with Gasteiger partial charge in [-0.3, -0.25) is 0 Å². The average molecular weight is 277 g/mol. The monoisotopic (exact) mass is 276 g/mol. The predicted octanol–water partition coefficient (Wildman–Crippen LogP) is 7.09. The van der Waals surface area contributed by atoms with Gasteiger partial charge in [0.05, 0.1) is 0 Å². The van der Waals surface area contributed by atoms with Crippen LogP contribution < -0.4 is 0 Å². The van der Waals surface area contributed by atoms with Gasteiger partial charge in [-0.15, -0.1) is 0 Å². The van der Waals surface area contributed by atoms with E-state index in [4.69, 9.17) is 0 Å². The first kappa shape index (κ1) is 19.2. The van der Waals surface area contributed by atoms with Crippen LogP contribution in [0.1, 0.15) is 79.1 Å². The van der Waals surface area contributed by atoms with Crippen LogP contribution in [-0.4, -0.2) is 0 Å². The highest BCUT2D eigenvalue weighted by atomic mass is 14.1. The SMILES string of the molecule is C=CC(=C)CCC=C(C)CCCC(C)CCCC(C)C. The van der Waals surface area contributed by atoms with Crippen LogP contribution in [0.15, 0.2) is 36.5 Å². The standard InChI is InChI=1S/C20H36/c1-7-18(4)12-9-14-20(6)16-10-15-19(5)13-8-11-17(2)3/h7,14,17,19H,1,4,8-13,15-16H2,2-3,5-6H3. The smallest absolute Gasteiger partial charge is 0.0250 e. The van der Waals surface area contributed by atoms with E-state index in [0.717, 1.165) is 30.3 Å². The van der Waals surface area contributed by atoms with E-state index < -0.39 is 0 Å². The van der Waals surface area contributed by atoms with Gasteiger partial charge in [0.15, 0.2) is 0 Å². The van der Waals surface area contributed by atoms with Gasteiger partial charge in [-0.05, 0) is 44.4 Å². The molecule has 116 valence electrons. The molecule has 0 saturated carbocycles. The summed E-state index contributed by atoms with van der Waals surface area (Å²) in [6, 6.07) is 0. The van der Waals surface area contributed by atoms with Crippen LogP contribution in [0.25, 0.3) is 0 Å². The van der Waals surface area contributed by atoms with E-state index in [0.29, 0.717) is 0 Å². The van der Waals surface area contributed by atoms with Crippen molar-refractivity contribution in [3.05, 3.63) is 36.5 Å². The first-order chi connectivity index (χ1) is 9.45. The topological polar surface area (TPSA) is 0 Å². The molecule has 0 heterocycles. The van der Waals surface area contributed by atoms with Crippen LogP contribution in [0.3, 0.4) is 0 Å². The molecular formula is C20H36. The fraction of sp³-hybridized carbons (Fsp3) is 0.700. The number of rotatable bonds is 12. The van der Waals surface area contributed by atoms with E-state index in [1.807, 2.05) is 6.08 Å². The van der Waals surface area contributed by atoms with Gasteiger partial charge in [-0.2, -0.15) is 0 Å². The Hall–Kier alpha value is -0.780. The Morgan fingerprint density at radius 3 is 2.25 bits per heavy atom. The van der Waals surface area contributed by atoms with E-state index in [2.05, 4.69) is 46.9 Å². The highest BCUT2D eigenvalue weighted by Crippen LogP contribution is 2.19. The first-order valence-electron chi connectivity index (χ1n) is 8.41. The minimum absolute atomic E-state index is 0.859. The molecule has 20 heavy (non-hydrogen) atoms. The van der Waals surface area contributed by atoms with Crippen molar-refractivity contribution < 1.29 is 0 Å². The Kier molecular flexibility index (Phi) is 11.5. The molecule has 0 aromatic carbocycles. The van der Waals surface area contributed by atoms with Crippen molar-refractivity contribution in [1.82, 2.24) is 0 Å². The van der Waals surface area contributed by atoms with Crippen molar-refractivity contribution in [1.29, 1.82) is 0 Å². The highest BCUT2D eigenvalue weighted by Gasteiger charge is 2.03. The molecular weight excluding hydrogens is 240 g/mol. The lowest BCUT2D eigenvalue weighted by Crippen LogP contribution is -1.97. The summed E-state index contributed by atoms with van der Waals surface area (Å²) in [4.78, 5) is 0. The maximum absolute atomic E-state index is 3.95. The van der Waals surface area contributed by atoms with Crippen LogP contribution >= 0.6 is 0 Å². The van der Waals surface area contributed by atoms with Gasteiger partial charge in [0, 0.05) is 0 Å². The predicted molar refractivity (Wildman–Crippen MR) is 94.0 cm³/mol. The molecule has 0 fully saturated rings. The molecule has 0 spiro atoms. The normalized spacial score (nSPS) is 13.6. The van der Waals surface area contributed by atoms with Gasteiger partial charge in [0.2, 0.25) is 0 Å². The molecule has 0 rings (SSSR count). The lowest BCUT2D eigenvalue weighted by molar-refractivity contribution is 0.427. The maximum atomic E-state index is 3.95. The van der Waals surface area contributed by atoms with E-state index in [1.54, 1.807) is 0 Å². The molecule has 0 bridgehead atoms. The summed E-state index contributed by atoms with van der Waals surface area (Å²) in [6.45, 7) is 17.0. The summed E-state index contributed by atoms with van der Waals surface area (Å²) in [5.74, 6) is 1.75. The highest BCUT2D eigenvalue weighted by molar-refractivity contribution is 5.12. The Labute approximate surface area is 128 Å². The van der Waals surface area contributed by atoms with Gasteiger partial charge in [-0.25, -0.2) is 0 Å². The molecule has 0 aromatic rings. The minimum atomic E-state index is 0.859. The van der Waals surface area contributed by atoms with Crippen LogP contribution in [0.2, 0.25) is 0 Å². The van der Waals surface area contributed by atoms with Gasteiger partial charge < -0.3 is 0 Å². The second kappa shape index (κ2) is 12.0. The fourth-order valence-electron chi connectivity index (χ4n) is 2.46. The van der Waals surface area contributed by atoms with Crippen LogP contribution in [0, 0.1) is 11.8 Å². The van der Waals surface area contributed by atoms with Gasteiger partial charge in [0.25, 0.3) is 0 Å². The molecule has 1 atom stereocenters. The number of hydrogen-bond acceptors (Lipinski definition) is 0. The molecule has 0 aliphatic carbocycles. The third-order valence-electron chi connectivity index (χ3n) is 3.99. The summed E-state index contributed by atoms with van der Waals surface area (Å²) in [5, 5.41) is 0. The van der Waals surface area contributed by atoms with Gasteiger partial charge in [0.1, 0.15) is 0 Å². The van der Waals surface area contributed by atoms with Crippen LogP contribution in [0.5, 0.6) is 0 Å². The summed E-state index contributed by atoms with van der Waals surface area (Å²) in [6.07, 6.45) is 14.6. The second-order valence-electron chi connectivity index (χ2n) is 6.77. The van der Waals surface area contributed by atoms with Gasteiger partial charge in [-0.1, -0.05) is 82.9 Å². The zero-order chi connectivity index (χ0) is 15.4. The molecule has 0 amide bonds. The van der Waals surface area contributed by atoms with Crippen LogP contribution in [0.4, 0.5) is 0 Å². The molecule has 0 aromatic heterocycles. The summed E-state index contributed by atoms with van der Waals surface area (Å²) >= 11 is 0. The molecule has 0 aliphatic rings. The molecule has 0 saturated heterocycles. The molecule has 1 unspecified atom stereocenters. The van der Waals surface area contributed by atoms with Crippen molar-refractivity contribution in [3.8, 4) is 0 Å². The van der Waals surface area contributed by atoms with Crippen molar-refractivity contribution in [2.24, 2.45) is 11.8 Å². The van der Waals surface area contributed by atoms with E-state index in [1.165, 1.54) is 44.1 Å². The summed E-state index contributed by atoms with van der Waals surface area (Å²) in [5.41, 5.74) is 2.68. The largest absolute Gasteiger partial charge is 0.0988 e. The van der Waals surface area contributed by atoms with Crippen molar-refractivity contribution in [3.63, 3.8) is 0 Å². The molecule has 0 N–H and O–H groups in total. The van der Waals surface area contributed by atoms with Crippen molar-refractivity contribution in [2.75, 3.05) is 0 Å².